The maximum Gasteiger partial charge on any atom is 0.270 e. The standard InChI is InChI=1S/C19H13ClN2O4/c20-16-11-10-13(22(24)25)12-15(16)19(23)21-17-8-4-5-9-18(17)26-14-6-2-1-3-7-14/h1-12H,(H,21,23). The maximum absolute atomic E-state index is 12.5. The molecule has 0 fully saturated rings. The van der Waals surface area contributed by atoms with Crippen LogP contribution in [0.15, 0.2) is 72.8 Å². The summed E-state index contributed by atoms with van der Waals surface area (Å²) < 4.78 is 5.78. The molecule has 0 heterocycles. The van der Waals surface area contributed by atoms with E-state index in [0.717, 1.165) is 6.07 Å². The summed E-state index contributed by atoms with van der Waals surface area (Å²) in [6, 6.07) is 19.7. The van der Waals surface area contributed by atoms with Crippen LogP contribution in [0.1, 0.15) is 10.4 Å². The lowest BCUT2D eigenvalue weighted by Gasteiger charge is -2.12. The second-order valence-electron chi connectivity index (χ2n) is 5.29. The SMILES string of the molecule is O=C(Nc1ccccc1Oc1ccccc1)c1cc([N+](=O)[O-])ccc1Cl. The molecule has 0 unspecified atom stereocenters. The smallest absolute Gasteiger partial charge is 0.270 e. The van der Waals surface area contributed by atoms with Crippen LogP contribution in [0.4, 0.5) is 11.4 Å². The lowest BCUT2D eigenvalue weighted by atomic mass is 10.1. The van der Waals surface area contributed by atoms with Gasteiger partial charge in [-0.25, -0.2) is 0 Å². The molecule has 0 aliphatic carbocycles. The zero-order valence-electron chi connectivity index (χ0n) is 13.4. The highest BCUT2D eigenvalue weighted by Gasteiger charge is 2.17. The molecule has 0 saturated heterocycles. The first-order chi connectivity index (χ1) is 12.5. The van der Waals surface area contributed by atoms with Gasteiger partial charge in [0.25, 0.3) is 11.6 Å². The Morgan fingerprint density at radius 1 is 1.00 bits per heavy atom. The lowest BCUT2D eigenvalue weighted by molar-refractivity contribution is -0.384. The summed E-state index contributed by atoms with van der Waals surface area (Å²) in [7, 11) is 0. The number of anilines is 1. The van der Waals surface area contributed by atoms with Crippen molar-refractivity contribution in [2.24, 2.45) is 0 Å². The minimum absolute atomic E-state index is 0.00961. The van der Waals surface area contributed by atoms with E-state index in [2.05, 4.69) is 5.32 Å². The Hall–Kier alpha value is -3.38. The molecule has 3 rings (SSSR count). The molecule has 0 saturated carbocycles. The summed E-state index contributed by atoms with van der Waals surface area (Å²) in [5, 5.41) is 13.7. The molecule has 3 aromatic carbocycles. The normalized spacial score (nSPS) is 10.2. The number of ether oxygens (including phenoxy) is 1. The summed E-state index contributed by atoms with van der Waals surface area (Å²) in [5.41, 5.74) is 0.215. The number of nitro benzene ring substituents is 1. The van der Waals surface area contributed by atoms with Gasteiger partial charge in [-0.15, -0.1) is 0 Å². The summed E-state index contributed by atoms with van der Waals surface area (Å²) in [4.78, 5) is 22.9. The van der Waals surface area contributed by atoms with Crippen LogP contribution >= 0.6 is 11.6 Å². The third-order valence-electron chi connectivity index (χ3n) is 3.51. The first-order valence-corrected chi connectivity index (χ1v) is 7.99. The molecule has 0 aliphatic heterocycles. The topological polar surface area (TPSA) is 81.5 Å². The Bertz CT molecular complexity index is 961. The van der Waals surface area contributed by atoms with E-state index in [0.29, 0.717) is 17.2 Å². The molecular weight excluding hydrogens is 356 g/mol. The van der Waals surface area contributed by atoms with Gasteiger partial charge in [0, 0.05) is 12.1 Å². The molecule has 0 bridgehead atoms. The second kappa shape index (κ2) is 7.67. The quantitative estimate of drug-likeness (QED) is 0.489. The van der Waals surface area contributed by atoms with Crippen LogP contribution in [0.25, 0.3) is 0 Å². The molecule has 6 nitrogen and oxygen atoms in total. The number of non-ortho nitro benzene ring substituents is 1. The van der Waals surface area contributed by atoms with Crippen molar-refractivity contribution in [1.29, 1.82) is 0 Å². The first-order valence-electron chi connectivity index (χ1n) is 7.62. The van der Waals surface area contributed by atoms with Crippen molar-refractivity contribution >= 4 is 28.9 Å². The predicted molar refractivity (Wildman–Crippen MR) is 99.0 cm³/mol. The van der Waals surface area contributed by atoms with Crippen molar-refractivity contribution in [2.45, 2.75) is 0 Å². The number of hydrogen-bond acceptors (Lipinski definition) is 4. The van der Waals surface area contributed by atoms with E-state index in [9.17, 15) is 14.9 Å². The summed E-state index contributed by atoms with van der Waals surface area (Å²) >= 11 is 6.02. The molecule has 0 radical (unpaired) electrons. The van der Waals surface area contributed by atoms with Gasteiger partial charge < -0.3 is 10.1 Å². The van der Waals surface area contributed by atoms with Gasteiger partial charge in [0.2, 0.25) is 0 Å². The molecule has 1 amide bonds. The molecule has 0 spiro atoms. The van der Waals surface area contributed by atoms with Crippen molar-refractivity contribution in [3.05, 3.63) is 93.5 Å². The molecule has 3 aromatic rings. The number of nitrogens with zero attached hydrogens (tertiary/aromatic N) is 1. The number of halogens is 1. The number of amides is 1. The van der Waals surface area contributed by atoms with Gasteiger partial charge in [-0.1, -0.05) is 41.9 Å². The van der Waals surface area contributed by atoms with Gasteiger partial charge in [0.1, 0.15) is 5.75 Å². The zero-order valence-corrected chi connectivity index (χ0v) is 14.1. The van der Waals surface area contributed by atoms with E-state index >= 15 is 0 Å². The van der Waals surface area contributed by atoms with Crippen molar-refractivity contribution < 1.29 is 14.5 Å². The number of benzene rings is 3. The van der Waals surface area contributed by atoms with Crippen LogP contribution in [0.3, 0.4) is 0 Å². The Kier molecular flexibility index (Phi) is 5.15. The van der Waals surface area contributed by atoms with E-state index in [1.165, 1.54) is 12.1 Å². The lowest BCUT2D eigenvalue weighted by Crippen LogP contribution is -2.13. The number of carbonyl (C=O) groups excluding carboxylic acids is 1. The van der Waals surface area contributed by atoms with Crippen LogP contribution < -0.4 is 10.1 Å². The van der Waals surface area contributed by atoms with Crippen molar-refractivity contribution in [3.8, 4) is 11.5 Å². The molecule has 0 atom stereocenters. The zero-order chi connectivity index (χ0) is 18.5. The molecule has 26 heavy (non-hydrogen) atoms. The highest BCUT2D eigenvalue weighted by molar-refractivity contribution is 6.34. The summed E-state index contributed by atoms with van der Waals surface area (Å²) in [5.74, 6) is 0.485. The third-order valence-corrected chi connectivity index (χ3v) is 3.84. The largest absolute Gasteiger partial charge is 0.455 e. The van der Waals surface area contributed by atoms with Crippen molar-refractivity contribution in [3.63, 3.8) is 0 Å². The fourth-order valence-electron chi connectivity index (χ4n) is 2.26. The number of nitrogens with one attached hydrogen (secondary N) is 1. The number of rotatable bonds is 5. The third kappa shape index (κ3) is 3.99. The Morgan fingerprint density at radius 3 is 2.42 bits per heavy atom. The minimum Gasteiger partial charge on any atom is -0.455 e. The molecule has 0 aromatic heterocycles. The van der Waals surface area contributed by atoms with Crippen molar-refractivity contribution in [2.75, 3.05) is 5.32 Å². The summed E-state index contributed by atoms with van der Waals surface area (Å²) in [6.07, 6.45) is 0. The Labute approximate surface area is 154 Å². The van der Waals surface area contributed by atoms with E-state index in [4.69, 9.17) is 16.3 Å². The van der Waals surface area contributed by atoms with Crippen LogP contribution in [-0.4, -0.2) is 10.8 Å². The van der Waals surface area contributed by atoms with Gasteiger partial charge in [-0.05, 0) is 30.3 Å². The van der Waals surface area contributed by atoms with Crippen LogP contribution in [0, 0.1) is 10.1 Å². The van der Waals surface area contributed by atoms with Gasteiger partial charge in [0.15, 0.2) is 5.75 Å². The fourth-order valence-corrected chi connectivity index (χ4v) is 2.47. The van der Waals surface area contributed by atoms with Crippen LogP contribution in [0.5, 0.6) is 11.5 Å². The van der Waals surface area contributed by atoms with Crippen LogP contribution in [-0.2, 0) is 0 Å². The second-order valence-corrected chi connectivity index (χ2v) is 5.69. The molecule has 130 valence electrons. The first kappa shape index (κ1) is 17.4. The average Bonchev–Trinajstić information content (AvgIpc) is 2.64. The van der Waals surface area contributed by atoms with Gasteiger partial charge in [0.05, 0.1) is 21.2 Å². The minimum atomic E-state index is -0.584. The predicted octanol–water partition coefficient (Wildman–Crippen LogP) is 5.29. The van der Waals surface area contributed by atoms with Crippen LogP contribution in [0.2, 0.25) is 5.02 Å². The fraction of sp³-hybridized carbons (Fsp3) is 0. The maximum atomic E-state index is 12.5. The number of nitro groups is 1. The summed E-state index contributed by atoms with van der Waals surface area (Å²) in [6.45, 7) is 0. The van der Waals surface area contributed by atoms with E-state index in [1.807, 2.05) is 18.2 Å². The number of carbonyl (C=O) groups is 1. The molecule has 1 N–H and O–H groups in total. The monoisotopic (exact) mass is 368 g/mol. The molecule has 7 heteroatoms. The number of hydrogen-bond donors (Lipinski definition) is 1. The van der Waals surface area contributed by atoms with E-state index in [1.54, 1.807) is 36.4 Å². The number of para-hydroxylation sites is 3. The van der Waals surface area contributed by atoms with E-state index < -0.39 is 10.8 Å². The van der Waals surface area contributed by atoms with Crippen molar-refractivity contribution in [1.82, 2.24) is 0 Å². The molecular formula is C19H13ClN2O4. The van der Waals surface area contributed by atoms with Gasteiger partial charge in [-0.3, -0.25) is 14.9 Å². The highest BCUT2D eigenvalue weighted by Crippen LogP contribution is 2.30. The highest BCUT2D eigenvalue weighted by atomic mass is 35.5. The van der Waals surface area contributed by atoms with E-state index in [-0.39, 0.29) is 16.3 Å². The average molecular weight is 369 g/mol. The molecule has 0 aliphatic rings. The van der Waals surface area contributed by atoms with Gasteiger partial charge in [-0.2, -0.15) is 0 Å². The Morgan fingerprint density at radius 2 is 1.69 bits per heavy atom. The Balaban J connectivity index is 1.87. The van der Waals surface area contributed by atoms with Gasteiger partial charge >= 0.3 is 0 Å².